The third-order valence-corrected chi connectivity index (χ3v) is 5.50. The van der Waals surface area contributed by atoms with Crippen LogP contribution < -0.4 is 10.2 Å². The Morgan fingerprint density at radius 2 is 1.83 bits per heavy atom. The van der Waals surface area contributed by atoms with E-state index in [2.05, 4.69) is 31.1 Å². The van der Waals surface area contributed by atoms with E-state index in [0.717, 1.165) is 35.4 Å². The summed E-state index contributed by atoms with van der Waals surface area (Å²) in [4.78, 5) is 20.6. The first-order chi connectivity index (χ1) is 13.7. The van der Waals surface area contributed by atoms with Gasteiger partial charge in [0.1, 0.15) is 5.82 Å². The lowest BCUT2D eigenvalue weighted by molar-refractivity contribution is -0.137. The van der Waals surface area contributed by atoms with Gasteiger partial charge in [-0.1, -0.05) is 15.9 Å². The number of nitrogens with zero attached hydrogens (tertiary/aromatic N) is 3. The number of anilines is 2. The molecule has 2 heterocycles. The summed E-state index contributed by atoms with van der Waals surface area (Å²) in [7, 11) is 0. The standard InChI is InChI=1S/C20H22BrF3N4O/c1-14(19(29)26-17-6-4-16(21)5-7-17)27-9-2-10-28(12-11-27)18-8-3-15(13-25-18)20(22,23)24/h3-8,13-14H,2,9-12H2,1H3,(H,26,29)/t14-/m0/s1. The molecule has 0 saturated carbocycles. The van der Waals surface area contributed by atoms with Gasteiger partial charge in [0.15, 0.2) is 0 Å². The minimum atomic E-state index is -4.39. The molecule has 0 spiro atoms. The van der Waals surface area contributed by atoms with Gasteiger partial charge in [-0.05, 0) is 49.7 Å². The van der Waals surface area contributed by atoms with Gasteiger partial charge in [-0.2, -0.15) is 13.2 Å². The maximum absolute atomic E-state index is 12.7. The van der Waals surface area contributed by atoms with Gasteiger partial charge in [0, 0.05) is 42.5 Å². The molecule has 1 saturated heterocycles. The fraction of sp³-hybridized carbons (Fsp3) is 0.400. The van der Waals surface area contributed by atoms with Crippen molar-refractivity contribution in [3.63, 3.8) is 0 Å². The molecule has 0 bridgehead atoms. The normalized spacial score (nSPS) is 16.9. The molecule has 0 radical (unpaired) electrons. The monoisotopic (exact) mass is 470 g/mol. The van der Waals surface area contributed by atoms with Gasteiger partial charge in [-0.25, -0.2) is 4.98 Å². The van der Waals surface area contributed by atoms with Crippen LogP contribution in [0.5, 0.6) is 0 Å². The average molecular weight is 471 g/mol. The highest BCUT2D eigenvalue weighted by atomic mass is 79.9. The summed E-state index contributed by atoms with van der Waals surface area (Å²) in [6.07, 6.45) is -2.73. The molecule has 0 unspecified atom stereocenters. The zero-order valence-corrected chi connectivity index (χ0v) is 17.5. The van der Waals surface area contributed by atoms with Crippen LogP contribution >= 0.6 is 15.9 Å². The van der Waals surface area contributed by atoms with Crippen LogP contribution in [0.1, 0.15) is 18.9 Å². The number of pyridine rings is 1. The molecule has 29 heavy (non-hydrogen) atoms. The maximum atomic E-state index is 12.7. The Balaban J connectivity index is 1.58. The number of amides is 1. The van der Waals surface area contributed by atoms with Crippen LogP contribution in [0, 0.1) is 0 Å². The van der Waals surface area contributed by atoms with E-state index in [4.69, 9.17) is 0 Å². The molecule has 1 fully saturated rings. The molecular formula is C20H22BrF3N4O. The van der Waals surface area contributed by atoms with E-state index in [1.54, 1.807) is 0 Å². The first kappa shape index (κ1) is 21.6. The summed E-state index contributed by atoms with van der Waals surface area (Å²) >= 11 is 3.36. The molecule has 1 atom stereocenters. The predicted octanol–water partition coefficient (Wildman–Crippen LogP) is 4.40. The Morgan fingerprint density at radius 3 is 2.45 bits per heavy atom. The van der Waals surface area contributed by atoms with Gasteiger partial charge < -0.3 is 10.2 Å². The summed E-state index contributed by atoms with van der Waals surface area (Å²) in [6, 6.07) is 9.52. The molecule has 1 aliphatic rings. The zero-order chi connectivity index (χ0) is 21.0. The second-order valence-corrected chi connectivity index (χ2v) is 7.87. The fourth-order valence-corrected chi connectivity index (χ4v) is 3.50. The van der Waals surface area contributed by atoms with Crippen molar-refractivity contribution in [2.45, 2.75) is 25.6 Å². The lowest BCUT2D eigenvalue weighted by atomic mass is 10.2. The molecule has 1 amide bonds. The Hall–Kier alpha value is -2.13. The molecular weight excluding hydrogens is 449 g/mol. The van der Waals surface area contributed by atoms with Gasteiger partial charge >= 0.3 is 6.18 Å². The van der Waals surface area contributed by atoms with Crippen LogP contribution in [-0.4, -0.2) is 48.0 Å². The second-order valence-electron chi connectivity index (χ2n) is 6.95. The maximum Gasteiger partial charge on any atom is 0.417 e. The van der Waals surface area contributed by atoms with Crippen molar-refractivity contribution in [2.24, 2.45) is 0 Å². The van der Waals surface area contributed by atoms with Crippen molar-refractivity contribution in [1.29, 1.82) is 0 Å². The Labute approximate surface area is 176 Å². The summed E-state index contributed by atoms with van der Waals surface area (Å²) in [5.74, 6) is 0.431. The summed E-state index contributed by atoms with van der Waals surface area (Å²) in [6.45, 7) is 4.48. The van der Waals surface area contributed by atoms with Crippen LogP contribution in [0.4, 0.5) is 24.7 Å². The third kappa shape index (κ3) is 5.70. The van der Waals surface area contributed by atoms with Crippen LogP contribution in [0.3, 0.4) is 0 Å². The van der Waals surface area contributed by atoms with E-state index < -0.39 is 11.7 Å². The summed E-state index contributed by atoms with van der Waals surface area (Å²) < 4.78 is 39.1. The average Bonchev–Trinajstić information content (AvgIpc) is 2.95. The number of hydrogen-bond acceptors (Lipinski definition) is 4. The van der Waals surface area contributed by atoms with Crippen molar-refractivity contribution < 1.29 is 18.0 Å². The smallest absolute Gasteiger partial charge is 0.355 e. The van der Waals surface area contributed by atoms with E-state index in [0.29, 0.717) is 25.5 Å². The summed E-state index contributed by atoms with van der Waals surface area (Å²) in [5.41, 5.74) is -0.0219. The minimum Gasteiger partial charge on any atom is -0.355 e. The van der Waals surface area contributed by atoms with Gasteiger partial charge in [-0.3, -0.25) is 9.69 Å². The lowest BCUT2D eigenvalue weighted by Gasteiger charge is -2.27. The van der Waals surface area contributed by atoms with Crippen molar-refractivity contribution >= 4 is 33.3 Å². The Morgan fingerprint density at radius 1 is 1.10 bits per heavy atom. The van der Waals surface area contributed by atoms with Crippen LogP contribution in [0.2, 0.25) is 0 Å². The third-order valence-electron chi connectivity index (χ3n) is 4.97. The van der Waals surface area contributed by atoms with Gasteiger partial charge in [0.2, 0.25) is 5.91 Å². The molecule has 1 aliphatic heterocycles. The van der Waals surface area contributed by atoms with Crippen molar-refractivity contribution in [2.75, 3.05) is 36.4 Å². The number of halogens is 4. The van der Waals surface area contributed by atoms with E-state index in [1.807, 2.05) is 36.1 Å². The van der Waals surface area contributed by atoms with Gasteiger partial charge in [0.05, 0.1) is 11.6 Å². The molecule has 1 N–H and O–H groups in total. The van der Waals surface area contributed by atoms with E-state index >= 15 is 0 Å². The largest absolute Gasteiger partial charge is 0.417 e. The number of aromatic nitrogens is 1. The SMILES string of the molecule is C[C@@H](C(=O)Nc1ccc(Br)cc1)N1CCCN(c2ccc(C(F)(F)F)cn2)CC1. The number of carbonyl (C=O) groups is 1. The van der Waals surface area contributed by atoms with Crippen LogP contribution in [-0.2, 0) is 11.0 Å². The van der Waals surface area contributed by atoms with Crippen LogP contribution in [0.25, 0.3) is 0 Å². The highest BCUT2D eigenvalue weighted by molar-refractivity contribution is 9.10. The van der Waals surface area contributed by atoms with Crippen molar-refractivity contribution in [3.8, 4) is 0 Å². The number of alkyl halides is 3. The number of hydrogen-bond donors (Lipinski definition) is 1. The van der Waals surface area contributed by atoms with Crippen molar-refractivity contribution in [1.82, 2.24) is 9.88 Å². The van der Waals surface area contributed by atoms with E-state index in [9.17, 15) is 18.0 Å². The predicted molar refractivity (Wildman–Crippen MR) is 110 cm³/mol. The van der Waals surface area contributed by atoms with Crippen molar-refractivity contribution in [3.05, 3.63) is 52.6 Å². The molecule has 0 aliphatic carbocycles. The molecule has 1 aromatic carbocycles. The quantitative estimate of drug-likeness (QED) is 0.719. The first-order valence-electron chi connectivity index (χ1n) is 9.33. The molecule has 156 valence electrons. The second kappa shape index (κ2) is 9.13. The first-order valence-corrected chi connectivity index (χ1v) is 10.1. The zero-order valence-electron chi connectivity index (χ0n) is 15.9. The Bertz CT molecular complexity index is 827. The molecule has 3 rings (SSSR count). The molecule has 5 nitrogen and oxygen atoms in total. The number of carbonyl (C=O) groups excluding carboxylic acids is 1. The topological polar surface area (TPSA) is 48.5 Å². The number of rotatable bonds is 4. The van der Waals surface area contributed by atoms with Gasteiger partial charge in [-0.15, -0.1) is 0 Å². The number of nitrogens with one attached hydrogen (secondary N) is 1. The molecule has 2 aromatic rings. The fourth-order valence-electron chi connectivity index (χ4n) is 3.24. The Kier molecular flexibility index (Phi) is 6.79. The summed E-state index contributed by atoms with van der Waals surface area (Å²) in [5, 5.41) is 2.92. The van der Waals surface area contributed by atoms with Crippen LogP contribution in [0.15, 0.2) is 47.1 Å². The van der Waals surface area contributed by atoms with E-state index in [-0.39, 0.29) is 11.9 Å². The van der Waals surface area contributed by atoms with Gasteiger partial charge in [0.25, 0.3) is 0 Å². The minimum absolute atomic E-state index is 0.0894. The highest BCUT2D eigenvalue weighted by Crippen LogP contribution is 2.29. The molecule has 1 aromatic heterocycles. The van der Waals surface area contributed by atoms with E-state index in [1.165, 1.54) is 6.07 Å². The lowest BCUT2D eigenvalue weighted by Crippen LogP contribution is -2.44. The molecule has 9 heteroatoms. The number of benzene rings is 1. The highest BCUT2D eigenvalue weighted by Gasteiger charge is 2.31.